The van der Waals surface area contributed by atoms with Gasteiger partial charge in [0.25, 0.3) is 0 Å². The van der Waals surface area contributed by atoms with Crippen LogP contribution in [0.25, 0.3) is 11.3 Å². The van der Waals surface area contributed by atoms with Crippen molar-refractivity contribution in [2.24, 2.45) is 0 Å². The maximum Gasteiger partial charge on any atom is 0.184 e. The molecule has 74 valence electrons. The number of thiazole rings is 1. The molecule has 2 nitrogen and oxygen atoms in total. The summed E-state index contributed by atoms with van der Waals surface area (Å²) in [7, 11) is 0. The number of nitrogens with two attached hydrogens (primary N) is 1. The maximum absolute atomic E-state index is 5.73. The highest BCUT2D eigenvalue weighted by atomic mass is 35.5. The normalized spacial score (nSPS) is 9.50. The van der Waals surface area contributed by atoms with E-state index in [9.17, 15) is 0 Å². The molecule has 0 spiro atoms. The number of anilines is 1. The minimum atomic E-state index is 0. The average molecular weight is 247 g/mol. The molecule has 2 rings (SSSR count). The second-order valence-corrected chi connectivity index (χ2v) is 4.05. The smallest absolute Gasteiger partial charge is 0.184 e. The van der Waals surface area contributed by atoms with E-state index < -0.39 is 0 Å². The van der Waals surface area contributed by atoms with Crippen LogP contribution >= 0.6 is 35.3 Å². The molecule has 0 aliphatic rings. The lowest BCUT2D eigenvalue weighted by Crippen LogP contribution is -1.84. The number of aromatic nitrogens is 1. The fraction of sp³-hybridized carbons (Fsp3) is 0. The lowest BCUT2D eigenvalue weighted by atomic mass is 10.1. The van der Waals surface area contributed by atoms with Gasteiger partial charge in [0.1, 0.15) is 0 Å². The molecule has 0 unspecified atom stereocenters. The van der Waals surface area contributed by atoms with Gasteiger partial charge in [-0.3, -0.25) is 0 Å². The van der Waals surface area contributed by atoms with Gasteiger partial charge in [0.05, 0.1) is 5.69 Å². The Morgan fingerprint density at radius 3 is 2.71 bits per heavy atom. The zero-order chi connectivity index (χ0) is 9.26. The predicted octanol–water partition coefficient (Wildman–Crippen LogP) is 3.47. The molecular weight excluding hydrogens is 239 g/mol. The second kappa shape index (κ2) is 4.64. The van der Waals surface area contributed by atoms with Crippen LogP contribution in [-0.4, -0.2) is 4.98 Å². The Bertz CT molecular complexity index is 428. The minimum Gasteiger partial charge on any atom is -0.399 e. The molecule has 0 amide bonds. The highest BCUT2D eigenvalue weighted by molar-refractivity contribution is 7.14. The SMILES string of the molecule is Cl.Nc1cccc(-c2csc(Cl)n2)c1. The number of hydrogen-bond acceptors (Lipinski definition) is 3. The van der Waals surface area contributed by atoms with Crippen LogP contribution in [0.1, 0.15) is 0 Å². The van der Waals surface area contributed by atoms with E-state index in [-0.39, 0.29) is 12.4 Å². The molecule has 0 fully saturated rings. The molecule has 0 aliphatic carbocycles. The second-order valence-electron chi connectivity index (χ2n) is 2.61. The van der Waals surface area contributed by atoms with Crippen LogP contribution in [0.15, 0.2) is 29.6 Å². The van der Waals surface area contributed by atoms with Crippen molar-refractivity contribution in [3.05, 3.63) is 34.1 Å². The predicted molar refractivity (Wildman–Crippen MR) is 64.2 cm³/mol. The fourth-order valence-corrected chi connectivity index (χ4v) is 1.86. The van der Waals surface area contributed by atoms with Gasteiger partial charge in [-0.1, -0.05) is 23.7 Å². The first-order chi connectivity index (χ1) is 6.25. The molecule has 2 aromatic rings. The molecule has 0 bridgehead atoms. The Kier molecular flexibility index (Phi) is 3.75. The van der Waals surface area contributed by atoms with E-state index in [4.69, 9.17) is 17.3 Å². The molecule has 1 aromatic heterocycles. The van der Waals surface area contributed by atoms with Gasteiger partial charge in [0.2, 0.25) is 0 Å². The molecule has 0 saturated carbocycles. The van der Waals surface area contributed by atoms with Crippen molar-refractivity contribution in [1.82, 2.24) is 4.98 Å². The number of halogens is 2. The fourth-order valence-electron chi connectivity index (χ4n) is 1.08. The Morgan fingerprint density at radius 2 is 2.14 bits per heavy atom. The first kappa shape index (κ1) is 11.3. The molecule has 5 heteroatoms. The average Bonchev–Trinajstić information content (AvgIpc) is 2.52. The quantitative estimate of drug-likeness (QED) is 0.783. The lowest BCUT2D eigenvalue weighted by molar-refractivity contribution is 1.41. The van der Waals surface area contributed by atoms with Crippen molar-refractivity contribution in [1.29, 1.82) is 0 Å². The van der Waals surface area contributed by atoms with E-state index in [0.717, 1.165) is 16.9 Å². The molecule has 1 aromatic carbocycles. The summed E-state index contributed by atoms with van der Waals surface area (Å²) in [6.07, 6.45) is 0. The zero-order valence-electron chi connectivity index (χ0n) is 7.11. The van der Waals surface area contributed by atoms with E-state index in [1.165, 1.54) is 11.3 Å². The number of rotatable bonds is 1. The van der Waals surface area contributed by atoms with Crippen molar-refractivity contribution in [3.63, 3.8) is 0 Å². The summed E-state index contributed by atoms with van der Waals surface area (Å²) in [5, 5.41) is 1.91. The third kappa shape index (κ3) is 2.38. The van der Waals surface area contributed by atoms with Gasteiger partial charge < -0.3 is 5.73 Å². The number of hydrogen-bond donors (Lipinski definition) is 1. The number of nitrogen functional groups attached to an aromatic ring is 1. The monoisotopic (exact) mass is 246 g/mol. The molecule has 14 heavy (non-hydrogen) atoms. The maximum atomic E-state index is 5.73. The van der Waals surface area contributed by atoms with Crippen molar-refractivity contribution in [2.45, 2.75) is 0 Å². The van der Waals surface area contributed by atoms with E-state index in [2.05, 4.69) is 4.98 Å². The minimum absolute atomic E-state index is 0. The van der Waals surface area contributed by atoms with Gasteiger partial charge in [-0.05, 0) is 12.1 Å². The molecule has 0 atom stereocenters. The van der Waals surface area contributed by atoms with Gasteiger partial charge in [0, 0.05) is 16.6 Å². The van der Waals surface area contributed by atoms with E-state index >= 15 is 0 Å². The Balaban J connectivity index is 0.000000980. The highest BCUT2D eigenvalue weighted by Crippen LogP contribution is 2.25. The molecular formula is C9H8Cl2N2S. The van der Waals surface area contributed by atoms with Crippen LogP contribution in [0.5, 0.6) is 0 Å². The molecule has 1 heterocycles. The Labute approximate surface area is 97.1 Å². The Hall–Kier alpha value is -0.770. The number of benzene rings is 1. The topological polar surface area (TPSA) is 38.9 Å². The molecule has 0 radical (unpaired) electrons. The summed E-state index contributed by atoms with van der Waals surface area (Å²) in [6, 6.07) is 7.59. The molecule has 0 saturated heterocycles. The van der Waals surface area contributed by atoms with Gasteiger partial charge in [-0.15, -0.1) is 23.7 Å². The van der Waals surface area contributed by atoms with E-state index in [0.29, 0.717) is 4.47 Å². The van der Waals surface area contributed by atoms with Crippen molar-refractivity contribution in [3.8, 4) is 11.3 Å². The van der Waals surface area contributed by atoms with E-state index in [1.54, 1.807) is 0 Å². The summed E-state index contributed by atoms with van der Waals surface area (Å²) in [5.74, 6) is 0. The standard InChI is InChI=1S/C9H7ClN2S.ClH/c10-9-12-8(5-13-9)6-2-1-3-7(11)4-6;/h1-5H,11H2;1H. The first-order valence-corrected chi connectivity index (χ1v) is 4.98. The summed E-state index contributed by atoms with van der Waals surface area (Å²) < 4.78 is 0.553. The largest absolute Gasteiger partial charge is 0.399 e. The number of nitrogens with zero attached hydrogens (tertiary/aromatic N) is 1. The van der Waals surface area contributed by atoms with Crippen molar-refractivity contribution in [2.75, 3.05) is 5.73 Å². The summed E-state index contributed by atoms with van der Waals surface area (Å²) in [6.45, 7) is 0. The van der Waals surface area contributed by atoms with Crippen molar-refractivity contribution >= 4 is 41.0 Å². The van der Waals surface area contributed by atoms with Gasteiger partial charge in [0.15, 0.2) is 4.47 Å². The zero-order valence-corrected chi connectivity index (χ0v) is 9.49. The highest BCUT2D eigenvalue weighted by Gasteiger charge is 2.02. The van der Waals surface area contributed by atoms with Gasteiger partial charge in [-0.2, -0.15) is 0 Å². The van der Waals surface area contributed by atoms with Crippen LogP contribution in [0, 0.1) is 0 Å². The third-order valence-electron chi connectivity index (χ3n) is 1.66. The van der Waals surface area contributed by atoms with Crippen LogP contribution in [0.2, 0.25) is 4.47 Å². The van der Waals surface area contributed by atoms with Crippen LogP contribution in [0.3, 0.4) is 0 Å². The molecule has 0 aliphatic heterocycles. The summed E-state index contributed by atoms with van der Waals surface area (Å²) in [5.41, 5.74) is 8.26. The summed E-state index contributed by atoms with van der Waals surface area (Å²) in [4.78, 5) is 4.15. The molecule has 2 N–H and O–H groups in total. The van der Waals surface area contributed by atoms with Crippen LogP contribution in [-0.2, 0) is 0 Å². The van der Waals surface area contributed by atoms with E-state index in [1.807, 2.05) is 29.6 Å². The van der Waals surface area contributed by atoms with Gasteiger partial charge >= 0.3 is 0 Å². The van der Waals surface area contributed by atoms with Crippen LogP contribution < -0.4 is 5.73 Å². The van der Waals surface area contributed by atoms with Crippen molar-refractivity contribution < 1.29 is 0 Å². The van der Waals surface area contributed by atoms with Gasteiger partial charge in [-0.25, -0.2) is 4.98 Å². The first-order valence-electron chi connectivity index (χ1n) is 3.72. The lowest BCUT2D eigenvalue weighted by Gasteiger charge is -1.96. The summed E-state index contributed by atoms with van der Waals surface area (Å²) >= 11 is 7.14. The Morgan fingerprint density at radius 1 is 1.36 bits per heavy atom. The van der Waals surface area contributed by atoms with Crippen LogP contribution in [0.4, 0.5) is 5.69 Å². The third-order valence-corrected chi connectivity index (χ3v) is 2.64.